The normalized spacial score (nSPS) is 25.8. The van der Waals surface area contributed by atoms with E-state index in [2.05, 4.69) is 27.7 Å². The zero-order valence-electron chi connectivity index (χ0n) is 21.2. The Morgan fingerprint density at radius 2 is 1.92 bits per heavy atom. The molecule has 10 nitrogen and oxygen atoms in total. The smallest absolute Gasteiger partial charge is 0.351 e. The maximum absolute atomic E-state index is 14.1. The van der Waals surface area contributed by atoms with Crippen LogP contribution >= 0.6 is 11.6 Å². The molecule has 1 amide bonds. The molecule has 1 aliphatic carbocycles. The third-order valence-corrected chi connectivity index (χ3v) is 8.04. The van der Waals surface area contributed by atoms with Gasteiger partial charge in [-0.2, -0.15) is 18.2 Å². The van der Waals surface area contributed by atoms with Crippen molar-refractivity contribution in [1.82, 2.24) is 35.3 Å². The highest BCUT2D eigenvalue weighted by molar-refractivity contribution is 6.30. The molecule has 2 atom stereocenters. The molecule has 0 spiro atoms. The number of imidazole rings is 1. The molecule has 0 bridgehead atoms. The summed E-state index contributed by atoms with van der Waals surface area (Å²) in [5.74, 6) is 1.29. The molecule has 1 saturated carbocycles. The zero-order chi connectivity index (χ0) is 27.3. The number of pyridine rings is 1. The molecule has 14 heteroatoms. The van der Waals surface area contributed by atoms with E-state index in [0.29, 0.717) is 40.7 Å². The number of nitrogens with zero attached hydrogens (tertiary/aromatic N) is 6. The van der Waals surface area contributed by atoms with Gasteiger partial charge in [0.15, 0.2) is 17.6 Å². The van der Waals surface area contributed by atoms with E-state index in [0.717, 1.165) is 25.7 Å². The molecule has 2 N–H and O–H groups in total. The maximum atomic E-state index is 14.1. The lowest BCUT2D eigenvalue weighted by molar-refractivity contribution is -0.146. The van der Waals surface area contributed by atoms with Gasteiger partial charge in [0.2, 0.25) is 5.95 Å². The third kappa shape index (κ3) is 5.09. The standard InChI is InChI=1S/C25H28ClF3N8O2/c1-13-4-6-14(7-5-13)12-37-19-18(15-9-16(26)11-30-10-15)31-21(22-34-24(38)39-35-22)32-20(19)33-23(37)36-8-2-3-17(36)25(27,28)29/h9-11,13-14,17,22,35H,2-8,12H2,1H3,(H,34,38)/t13?,14?,17-,22?/m0/s1. The first-order valence-corrected chi connectivity index (χ1v) is 13.5. The highest BCUT2D eigenvalue weighted by atomic mass is 35.5. The molecule has 0 radical (unpaired) electrons. The summed E-state index contributed by atoms with van der Waals surface area (Å²) < 4.78 is 44.1. The number of halogens is 4. The molecule has 6 rings (SSSR count). The van der Waals surface area contributed by atoms with Crippen LogP contribution in [-0.2, 0) is 11.4 Å². The fourth-order valence-corrected chi connectivity index (χ4v) is 6.00. The van der Waals surface area contributed by atoms with Gasteiger partial charge in [-0.3, -0.25) is 10.3 Å². The van der Waals surface area contributed by atoms with Gasteiger partial charge in [-0.1, -0.05) is 31.4 Å². The molecule has 208 valence electrons. The van der Waals surface area contributed by atoms with Gasteiger partial charge in [0.1, 0.15) is 17.3 Å². The van der Waals surface area contributed by atoms with Crippen LogP contribution in [0.15, 0.2) is 18.5 Å². The number of amides is 1. The summed E-state index contributed by atoms with van der Waals surface area (Å²) >= 11 is 6.27. The number of carbonyl (C=O) groups excluding carboxylic acids is 1. The maximum Gasteiger partial charge on any atom is 0.427 e. The van der Waals surface area contributed by atoms with E-state index in [9.17, 15) is 18.0 Å². The Morgan fingerprint density at radius 3 is 2.62 bits per heavy atom. The topological polar surface area (TPSA) is 110 Å². The Labute approximate surface area is 227 Å². The quantitative estimate of drug-likeness (QED) is 0.438. The van der Waals surface area contributed by atoms with E-state index in [-0.39, 0.29) is 36.3 Å². The van der Waals surface area contributed by atoms with Gasteiger partial charge < -0.3 is 14.3 Å². The summed E-state index contributed by atoms with van der Waals surface area (Å²) in [5.41, 5.74) is 4.24. The highest BCUT2D eigenvalue weighted by Crippen LogP contribution is 2.40. The fraction of sp³-hybridized carbons (Fsp3) is 0.560. The second kappa shape index (κ2) is 10.1. The molecule has 3 aliphatic rings. The molecular weight excluding hydrogens is 537 g/mol. The number of nitrogens with one attached hydrogen (secondary N) is 2. The summed E-state index contributed by atoms with van der Waals surface area (Å²) in [6.45, 7) is 2.95. The molecular formula is C25H28ClF3N8O2. The summed E-state index contributed by atoms with van der Waals surface area (Å²) in [6.07, 6.45) is 1.62. The minimum absolute atomic E-state index is 0.00497. The van der Waals surface area contributed by atoms with Crippen LogP contribution < -0.4 is 15.7 Å². The second-order valence-electron chi connectivity index (χ2n) is 10.6. The van der Waals surface area contributed by atoms with Crippen molar-refractivity contribution in [2.45, 2.75) is 70.4 Å². The number of anilines is 1. The number of fused-ring (bicyclic) bond motifs is 1. The third-order valence-electron chi connectivity index (χ3n) is 7.83. The molecule has 5 heterocycles. The molecule has 39 heavy (non-hydrogen) atoms. The van der Waals surface area contributed by atoms with Crippen molar-refractivity contribution >= 4 is 34.8 Å². The minimum atomic E-state index is -4.40. The van der Waals surface area contributed by atoms with Crippen LogP contribution in [0.2, 0.25) is 5.02 Å². The first-order chi connectivity index (χ1) is 18.7. The van der Waals surface area contributed by atoms with Crippen LogP contribution in [-0.4, -0.2) is 49.4 Å². The number of hydrogen-bond donors (Lipinski definition) is 2. The van der Waals surface area contributed by atoms with Crippen LogP contribution in [0.3, 0.4) is 0 Å². The first kappa shape index (κ1) is 26.1. The molecule has 1 unspecified atom stereocenters. The van der Waals surface area contributed by atoms with Crippen LogP contribution in [0, 0.1) is 11.8 Å². The van der Waals surface area contributed by atoms with Gasteiger partial charge in [-0.15, -0.1) is 5.48 Å². The van der Waals surface area contributed by atoms with Crippen molar-refractivity contribution in [3.63, 3.8) is 0 Å². The molecule has 3 aromatic heterocycles. The van der Waals surface area contributed by atoms with Crippen LogP contribution in [0.1, 0.15) is 57.4 Å². The Bertz CT molecular complexity index is 1390. The Kier molecular flexibility index (Phi) is 6.74. The Balaban J connectivity index is 1.55. The number of hydroxylamine groups is 1. The van der Waals surface area contributed by atoms with E-state index in [4.69, 9.17) is 26.4 Å². The lowest BCUT2D eigenvalue weighted by Gasteiger charge is -2.31. The predicted octanol–water partition coefficient (Wildman–Crippen LogP) is 5.14. The number of carbonyl (C=O) groups is 1. The van der Waals surface area contributed by atoms with E-state index in [1.807, 2.05) is 4.57 Å². The van der Waals surface area contributed by atoms with Crippen molar-refractivity contribution in [3.05, 3.63) is 29.3 Å². The van der Waals surface area contributed by atoms with Gasteiger partial charge >= 0.3 is 12.3 Å². The average Bonchev–Trinajstić information content (AvgIpc) is 3.63. The predicted molar refractivity (Wildman–Crippen MR) is 137 cm³/mol. The molecule has 3 fully saturated rings. The molecule has 3 aromatic rings. The van der Waals surface area contributed by atoms with E-state index < -0.39 is 24.5 Å². The van der Waals surface area contributed by atoms with Crippen molar-refractivity contribution < 1.29 is 22.8 Å². The highest BCUT2D eigenvalue weighted by Gasteiger charge is 2.47. The summed E-state index contributed by atoms with van der Waals surface area (Å²) in [7, 11) is 0. The summed E-state index contributed by atoms with van der Waals surface area (Å²) in [4.78, 5) is 36.0. The lowest BCUT2D eigenvalue weighted by atomic mass is 9.83. The zero-order valence-corrected chi connectivity index (χ0v) is 22.0. The number of aromatic nitrogens is 5. The fourth-order valence-electron chi connectivity index (χ4n) is 5.83. The summed E-state index contributed by atoms with van der Waals surface area (Å²) in [6, 6.07) is 0.0534. The number of alkyl halides is 3. The average molecular weight is 565 g/mol. The van der Waals surface area contributed by atoms with Crippen LogP contribution in [0.25, 0.3) is 22.4 Å². The summed E-state index contributed by atoms with van der Waals surface area (Å²) in [5, 5.41) is 2.94. The van der Waals surface area contributed by atoms with Gasteiger partial charge in [0, 0.05) is 31.0 Å². The number of hydrogen-bond acceptors (Lipinski definition) is 8. The Morgan fingerprint density at radius 1 is 1.13 bits per heavy atom. The van der Waals surface area contributed by atoms with Crippen molar-refractivity contribution in [2.24, 2.45) is 11.8 Å². The Hall–Kier alpha value is -3.19. The monoisotopic (exact) mass is 564 g/mol. The van der Waals surface area contributed by atoms with Crippen molar-refractivity contribution in [1.29, 1.82) is 0 Å². The number of rotatable bonds is 5. The molecule has 2 aliphatic heterocycles. The van der Waals surface area contributed by atoms with E-state index in [1.54, 1.807) is 12.3 Å². The van der Waals surface area contributed by atoms with Gasteiger partial charge in [0.05, 0.1) is 5.02 Å². The van der Waals surface area contributed by atoms with E-state index >= 15 is 0 Å². The van der Waals surface area contributed by atoms with Crippen molar-refractivity contribution in [3.8, 4) is 11.3 Å². The van der Waals surface area contributed by atoms with Gasteiger partial charge in [0.25, 0.3) is 0 Å². The van der Waals surface area contributed by atoms with Crippen molar-refractivity contribution in [2.75, 3.05) is 11.4 Å². The molecule has 0 aromatic carbocycles. The van der Waals surface area contributed by atoms with Crippen LogP contribution in [0.5, 0.6) is 0 Å². The minimum Gasteiger partial charge on any atom is -0.351 e. The first-order valence-electron chi connectivity index (χ1n) is 13.1. The van der Waals surface area contributed by atoms with Crippen LogP contribution in [0.4, 0.5) is 23.9 Å². The molecule has 2 saturated heterocycles. The van der Waals surface area contributed by atoms with Gasteiger partial charge in [-0.05, 0) is 43.6 Å². The largest absolute Gasteiger partial charge is 0.427 e. The van der Waals surface area contributed by atoms with Gasteiger partial charge in [-0.25, -0.2) is 14.8 Å². The van der Waals surface area contributed by atoms with E-state index in [1.165, 1.54) is 11.1 Å². The second-order valence-corrected chi connectivity index (χ2v) is 11.1. The SMILES string of the molecule is CC1CCC(Cn2c(N3CCC[C@H]3C(F)(F)F)nc3nc(C4NOC(=O)N4)nc(-c4cncc(Cl)c4)c32)CC1. The lowest BCUT2D eigenvalue weighted by Crippen LogP contribution is -2.42.